The van der Waals surface area contributed by atoms with Gasteiger partial charge < -0.3 is 19.9 Å². The summed E-state index contributed by atoms with van der Waals surface area (Å²) >= 11 is 1.32. The molecule has 0 unspecified atom stereocenters. The van der Waals surface area contributed by atoms with Gasteiger partial charge in [0.15, 0.2) is 11.5 Å². The second-order valence-corrected chi connectivity index (χ2v) is 9.96. The SMILES string of the molecule is Cc1cc(Nc2nc(N(C)C3CCC(N(C)C(=O)OC(C)(C)C)CC3)cnc2C#N)sn1. The van der Waals surface area contributed by atoms with Crippen molar-refractivity contribution in [2.75, 3.05) is 24.3 Å². The Morgan fingerprint density at radius 3 is 2.47 bits per heavy atom. The molecule has 1 saturated carbocycles. The maximum Gasteiger partial charge on any atom is 0.410 e. The topological polar surface area (TPSA) is 107 Å². The smallest absolute Gasteiger partial charge is 0.410 e. The average Bonchev–Trinajstić information content (AvgIpc) is 3.16. The molecule has 1 amide bonds. The van der Waals surface area contributed by atoms with E-state index in [9.17, 15) is 10.1 Å². The fraction of sp³-hybridized carbons (Fsp3) is 0.591. The maximum atomic E-state index is 12.4. The molecule has 1 aliphatic rings. The molecule has 0 spiro atoms. The van der Waals surface area contributed by atoms with Crippen LogP contribution in [-0.4, -0.2) is 57.1 Å². The molecule has 0 bridgehead atoms. The van der Waals surface area contributed by atoms with Crippen molar-refractivity contribution in [3.63, 3.8) is 0 Å². The minimum atomic E-state index is -0.499. The van der Waals surface area contributed by atoms with Crippen molar-refractivity contribution in [1.82, 2.24) is 19.2 Å². The third-order valence-corrected chi connectivity index (χ3v) is 6.34. The molecule has 1 fully saturated rings. The predicted molar refractivity (Wildman–Crippen MR) is 125 cm³/mol. The Bertz CT molecular complexity index is 987. The minimum Gasteiger partial charge on any atom is -0.444 e. The summed E-state index contributed by atoms with van der Waals surface area (Å²) in [5, 5.41) is 13.4. The van der Waals surface area contributed by atoms with Crippen LogP contribution in [0.1, 0.15) is 57.8 Å². The third-order valence-electron chi connectivity index (χ3n) is 5.54. The van der Waals surface area contributed by atoms with Crippen LogP contribution in [0.15, 0.2) is 12.3 Å². The van der Waals surface area contributed by atoms with Gasteiger partial charge >= 0.3 is 6.09 Å². The Morgan fingerprint density at radius 2 is 1.91 bits per heavy atom. The zero-order valence-corrected chi connectivity index (χ0v) is 20.4. The van der Waals surface area contributed by atoms with E-state index in [1.165, 1.54) is 11.5 Å². The summed E-state index contributed by atoms with van der Waals surface area (Å²) in [6.45, 7) is 7.55. The molecule has 1 aliphatic carbocycles. The number of carbonyl (C=O) groups excluding carboxylic acids is 1. The number of ether oxygens (including phenoxy) is 1. The van der Waals surface area contributed by atoms with E-state index in [1.54, 1.807) is 11.1 Å². The van der Waals surface area contributed by atoms with Crippen LogP contribution in [0.3, 0.4) is 0 Å². The molecule has 32 heavy (non-hydrogen) atoms. The van der Waals surface area contributed by atoms with E-state index in [4.69, 9.17) is 4.74 Å². The van der Waals surface area contributed by atoms with E-state index in [1.807, 2.05) is 47.9 Å². The van der Waals surface area contributed by atoms with Crippen molar-refractivity contribution in [3.8, 4) is 6.07 Å². The zero-order valence-electron chi connectivity index (χ0n) is 19.5. The molecule has 0 radical (unpaired) electrons. The lowest BCUT2D eigenvalue weighted by Crippen LogP contribution is -2.45. The van der Waals surface area contributed by atoms with E-state index in [0.29, 0.717) is 11.6 Å². The molecule has 2 aromatic rings. The van der Waals surface area contributed by atoms with Gasteiger partial charge in [-0.15, -0.1) is 0 Å². The summed E-state index contributed by atoms with van der Waals surface area (Å²) in [6, 6.07) is 4.44. The van der Waals surface area contributed by atoms with Crippen LogP contribution in [0.2, 0.25) is 0 Å². The predicted octanol–water partition coefficient (Wildman–Crippen LogP) is 4.47. The number of anilines is 3. The van der Waals surface area contributed by atoms with Gasteiger partial charge in [0.1, 0.15) is 22.5 Å². The standard InChI is InChI=1S/C22H31N7O2S/c1-14-11-19(32-27-14)26-20-17(12-23)24-13-18(25-20)28(5)15-7-9-16(10-8-15)29(6)21(30)31-22(2,3)4/h11,13,15-16H,7-10H2,1-6H3,(H,25,26). The molecule has 0 atom stereocenters. The molecule has 0 aliphatic heterocycles. The maximum absolute atomic E-state index is 12.4. The van der Waals surface area contributed by atoms with E-state index in [0.717, 1.165) is 36.4 Å². The van der Waals surface area contributed by atoms with Gasteiger partial charge in [-0.05, 0) is 71.0 Å². The Morgan fingerprint density at radius 1 is 1.25 bits per heavy atom. The molecule has 3 rings (SSSR count). The lowest BCUT2D eigenvalue weighted by molar-refractivity contribution is 0.0183. The Hall–Kier alpha value is -2.93. The number of carbonyl (C=O) groups is 1. The largest absolute Gasteiger partial charge is 0.444 e. The molecule has 0 aromatic carbocycles. The third kappa shape index (κ3) is 5.85. The van der Waals surface area contributed by atoms with E-state index >= 15 is 0 Å². The van der Waals surface area contributed by atoms with Gasteiger partial charge in [0.25, 0.3) is 0 Å². The number of aryl methyl sites for hydroxylation is 1. The minimum absolute atomic E-state index is 0.161. The molecule has 0 saturated heterocycles. The Labute approximate surface area is 193 Å². The number of amides is 1. The monoisotopic (exact) mass is 457 g/mol. The number of aromatic nitrogens is 3. The summed E-state index contributed by atoms with van der Waals surface area (Å²) in [4.78, 5) is 25.2. The van der Waals surface area contributed by atoms with Gasteiger partial charge in [0, 0.05) is 26.2 Å². The highest BCUT2D eigenvalue weighted by molar-refractivity contribution is 7.10. The van der Waals surface area contributed by atoms with E-state index in [-0.39, 0.29) is 23.9 Å². The number of rotatable bonds is 5. The first-order chi connectivity index (χ1) is 15.1. The average molecular weight is 458 g/mol. The van der Waals surface area contributed by atoms with Crippen molar-refractivity contribution < 1.29 is 9.53 Å². The van der Waals surface area contributed by atoms with Crippen molar-refractivity contribution in [3.05, 3.63) is 23.7 Å². The van der Waals surface area contributed by atoms with Crippen LogP contribution in [0.5, 0.6) is 0 Å². The highest BCUT2D eigenvalue weighted by Gasteiger charge is 2.31. The summed E-state index contributed by atoms with van der Waals surface area (Å²) in [5.41, 5.74) is 0.655. The first-order valence-electron chi connectivity index (χ1n) is 10.7. The summed E-state index contributed by atoms with van der Waals surface area (Å²) in [6.07, 6.45) is 4.99. The summed E-state index contributed by atoms with van der Waals surface area (Å²) < 4.78 is 9.76. The fourth-order valence-corrected chi connectivity index (χ4v) is 4.42. The second-order valence-electron chi connectivity index (χ2n) is 9.16. The van der Waals surface area contributed by atoms with Crippen LogP contribution >= 0.6 is 11.5 Å². The molecule has 172 valence electrons. The number of nitrogens with zero attached hydrogens (tertiary/aromatic N) is 6. The van der Waals surface area contributed by atoms with Gasteiger partial charge in [-0.3, -0.25) is 0 Å². The van der Waals surface area contributed by atoms with Crippen molar-refractivity contribution >= 4 is 34.3 Å². The molecular formula is C22H31N7O2S. The van der Waals surface area contributed by atoms with Crippen LogP contribution in [-0.2, 0) is 4.74 Å². The lowest BCUT2D eigenvalue weighted by atomic mass is 9.89. The number of nitrogens with one attached hydrogen (secondary N) is 1. The number of hydrogen-bond donors (Lipinski definition) is 1. The van der Waals surface area contributed by atoms with E-state index in [2.05, 4.69) is 30.6 Å². The van der Waals surface area contributed by atoms with Gasteiger partial charge in [0.05, 0.1) is 11.9 Å². The quantitative estimate of drug-likeness (QED) is 0.701. The van der Waals surface area contributed by atoms with E-state index < -0.39 is 5.60 Å². The van der Waals surface area contributed by atoms with Crippen molar-refractivity contribution in [2.24, 2.45) is 0 Å². The Kier molecular flexibility index (Phi) is 7.19. The Balaban J connectivity index is 1.64. The zero-order chi connectivity index (χ0) is 23.5. The van der Waals surface area contributed by atoms with Gasteiger partial charge in [0.2, 0.25) is 0 Å². The normalized spacial score (nSPS) is 18.5. The summed E-state index contributed by atoms with van der Waals surface area (Å²) in [7, 11) is 3.81. The number of nitriles is 1. The second kappa shape index (κ2) is 9.69. The molecule has 10 heteroatoms. The van der Waals surface area contributed by atoms with Gasteiger partial charge in [-0.1, -0.05) is 0 Å². The lowest BCUT2D eigenvalue weighted by Gasteiger charge is -2.38. The van der Waals surface area contributed by atoms with Gasteiger partial charge in [-0.2, -0.15) is 9.64 Å². The molecule has 9 nitrogen and oxygen atoms in total. The fourth-order valence-electron chi connectivity index (χ4n) is 3.76. The van der Waals surface area contributed by atoms with Crippen molar-refractivity contribution in [1.29, 1.82) is 5.26 Å². The van der Waals surface area contributed by atoms with Gasteiger partial charge in [-0.25, -0.2) is 14.8 Å². The first-order valence-corrected chi connectivity index (χ1v) is 11.5. The van der Waals surface area contributed by atoms with Crippen molar-refractivity contribution in [2.45, 2.75) is 71.1 Å². The molecule has 2 heterocycles. The van der Waals surface area contributed by atoms with Crippen LogP contribution in [0.25, 0.3) is 0 Å². The summed E-state index contributed by atoms with van der Waals surface area (Å²) in [5.74, 6) is 1.13. The number of hydrogen-bond acceptors (Lipinski definition) is 9. The molecule has 1 N–H and O–H groups in total. The van der Waals surface area contributed by atoms with Crippen LogP contribution < -0.4 is 10.2 Å². The molecule has 2 aromatic heterocycles. The molecular weight excluding hydrogens is 426 g/mol. The first kappa shape index (κ1) is 23.7. The highest BCUT2D eigenvalue weighted by atomic mass is 32.1. The van der Waals surface area contributed by atoms with Crippen LogP contribution in [0.4, 0.5) is 21.4 Å². The highest BCUT2D eigenvalue weighted by Crippen LogP contribution is 2.30. The van der Waals surface area contributed by atoms with Crippen LogP contribution in [0, 0.1) is 18.3 Å².